The van der Waals surface area contributed by atoms with Crippen LogP contribution in [0.2, 0.25) is 0 Å². The van der Waals surface area contributed by atoms with Gasteiger partial charge in [0.05, 0.1) is 12.1 Å². The van der Waals surface area contributed by atoms with Crippen LogP contribution in [0.3, 0.4) is 0 Å². The van der Waals surface area contributed by atoms with Crippen LogP contribution in [0, 0.1) is 13.8 Å². The standard InChI is InChI=1S/C12H17NO/c1-7-5-8(2)9-3-4-11(14)12(13)10(9)6-7/h5-6,11-12,14H,3-4,13H2,1-2H3. The van der Waals surface area contributed by atoms with E-state index in [1.54, 1.807) is 0 Å². The van der Waals surface area contributed by atoms with Crippen molar-refractivity contribution in [3.05, 3.63) is 34.4 Å². The molecule has 0 aromatic heterocycles. The van der Waals surface area contributed by atoms with Gasteiger partial charge in [-0.05, 0) is 43.4 Å². The maximum Gasteiger partial charge on any atom is 0.0736 e. The smallest absolute Gasteiger partial charge is 0.0736 e. The van der Waals surface area contributed by atoms with Gasteiger partial charge in [-0.3, -0.25) is 0 Å². The molecule has 0 spiro atoms. The average molecular weight is 191 g/mol. The van der Waals surface area contributed by atoms with E-state index in [0.717, 1.165) is 18.4 Å². The molecule has 0 fully saturated rings. The fourth-order valence-electron chi connectivity index (χ4n) is 2.35. The van der Waals surface area contributed by atoms with Gasteiger partial charge in [0.25, 0.3) is 0 Å². The van der Waals surface area contributed by atoms with E-state index in [1.807, 2.05) is 0 Å². The molecule has 3 N–H and O–H groups in total. The van der Waals surface area contributed by atoms with E-state index < -0.39 is 0 Å². The third-order valence-corrected chi connectivity index (χ3v) is 3.12. The Balaban J connectivity index is 2.54. The summed E-state index contributed by atoms with van der Waals surface area (Å²) < 4.78 is 0. The molecule has 0 amide bonds. The fraction of sp³-hybridized carbons (Fsp3) is 0.500. The molecule has 1 aliphatic carbocycles. The first kappa shape index (κ1) is 9.69. The minimum Gasteiger partial charge on any atom is -0.391 e. The van der Waals surface area contributed by atoms with Crippen molar-refractivity contribution in [1.82, 2.24) is 0 Å². The Kier molecular flexibility index (Phi) is 2.33. The molecule has 76 valence electrons. The first-order valence-corrected chi connectivity index (χ1v) is 5.13. The Morgan fingerprint density at radius 3 is 2.79 bits per heavy atom. The van der Waals surface area contributed by atoms with Gasteiger partial charge in [0.1, 0.15) is 0 Å². The van der Waals surface area contributed by atoms with E-state index in [1.165, 1.54) is 16.7 Å². The van der Waals surface area contributed by atoms with Gasteiger partial charge >= 0.3 is 0 Å². The summed E-state index contributed by atoms with van der Waals surface area (Å²) in [5.41, 5.74) is 11.0. The summed E-state index contributed by atoms with van der Waals surface area (Å²) in [6.45, 7) is 4.19. The molecule has 1 aromatic carbocycles. The first-order valence-electron chi connectivity index (χ1n) is 5.13. The molecule has 2 atom stereocenters. The van der Waals surface area contributed by atoms with E-state index in [-0.39, 0.29) is 12.1 Å². The Morgan fingerprint density at radius 2 is 2.07 bits per heavy atom. The topological polar surface area (TPSA) is 46.2 Å². The van der Waals surface area contributed by atoms with Crippen LogP contribution >= 0.6 is 0 Å². The predicted molar refractivity (Wildman–Crippen MR) is 57.2 cm³/mol. The van der Waals surface area contributed by atoms with Crippen LogP contribution in [0.1, 0.15) is 34.7 Å². The summed E-state index contributed by atoms with van der Waals surface area (Å²) in [4.78, 5) is 0. The highest BCUT2D eigenvalue weighted by molar-refractivity contribution is 5.42. The number of aliphatic hydroxyl groups is 1. The van der Waals surface area contributed by atoms with Crippen LogP contribution in [-0.2, 0) is 6.42 Å². The minimum absolute atomic E-state index is 0.197. The highest BCUT2D eigenvalue weighted by Gasteiger charge is 2.25. The molecule has 1 aliphatic rings. The summed E-state index contributed by atoms with van der Waals surface area (Å²) in [7, 11) is 0. The Bertz CT molecular complexity index is 360. The number of hydrogen-bond donors (Lipinski definition) is 2. The zero-order chi connectivity index (χ0) is 10.3. The number of aryl methyl sites for hydroxylation is 2. The summed E-state index contributed by atoms with van der Waals surface area (Å²) in [5, 5.41) is 9.68. The predicted octanol–water partition coefficient (Wildman–Crippen LogP) is 1.61. The van der Waals surface area contributed by atoms with Crippen LogP contribution in [0.15, 0.2) is 12.1 Å². The molecule has 2 nitrogen and oxygen atoms in total. The lowest BCUT2D eigenvalue weighted by molar-refractivity contribution is 0.128. The summed E-state index contributed by atoms with van der Waals surface area (Å²) in [6, 6.07) is 4.09. The van der Waals surface area contributed by atoms with Crippen molar-refractivity contribution >= 4 is 0 Å². The molecule has 2 rings (SSSR count). The van der Waals surface area contributed by atoms with Crippen LogP contribution in [0.25, 0.3) is 0 Å². The number of benzene rings is 1. The molecular weight excluding hydrogens is 174 g/mol. The zero-order valence-electron chi connectivity index (χ0n) is 8.75. The molecule has 0 radical (unpaired) electrons. The molecule has 0 saturated heterocycles. The molecule has 2 heteroatoms. The average Bonchev–Trinajstić information content (AvgIpc) is 2.12. The number of fused-ring (bicyclic) bond motifs is 1. The van der Waals surface area contributed by atoms with Gasteiger partial charge in [-0.15, -0.1) is 0 Å². The lowest BCUT2D eigenvalue weighted by atomic mass is 9.83. The maximum absolute atomic E-state index is 9.68. The normalized spacial score (nSPS) is 26.0. The van der Waals surface area contributed by atoms with E-state index in [4.69, 9.17) is 5.73 Å². The highest BCUT2D eigenvalue weighted by atomic mass is 16.3. The van der Waals surface area contributed by atoms with Gasteiger partial charge in [0, 0.05) is 0 Å². The van der Waals surface area contributed by atoms with Crippen molar-refractivity contribution in [2.24, 2.45) is 5.73 Å². The third-order valence-electron chi connectivity index (χ3n) is 3.12. The lowest BCUT2D eigenvalue weighted by Gasteiger charge is -2.29. The largest absolute Gasteiger partial charge is 0.391 e. The van der Waals surface area contributed by atoms with Crippen molar-refractivity contribution < 1.29 is 5.11 Å². The van der Waals surface area contributed by atoms with Crippen molar-refractivity contribution in [2.75, 3.05) is 0 Å². The molecule has 0 aliphatic heterocycles. The van der Waals surface area contributed by atoms with Crippen molar-refractivity contribution in [3.63, 3.8) is 0 Å². The summed E-state index contributed by atoms with van der Waals surface area (Å²) in [6.07, 6.45) is 1.37. The molecule has 0 saturated carbocycles. The Labute approximate surface area is 84.7 Å². The lowest BCUT2D eigenvalue weighted by Crippen LogP contribution is -2.31. The van der Waals surface area contributed by atoms with Gasteiger partial charge in [-0.25, -0.2) is 0 Å². The highest BCUT2D eigenvalue weighted by Crippen LogP contribution is 2.31. The van der Waals surface area contributed by atoms with Crippen LogP contribution in [0.5, 0.6) is 0 Å². The van der Waals surface area contributed by atoms with E-state index in [9.17, 15) is 5.11 Å². The fourth-order valence-corrected chi connectivity index (χ4v) is 2.35. The van der Waals surface area contributed by atoms with Crippen molar-refractivity contribution in [3.8, 4) is 0 Å². The number of nitrogens with two attached hydrogens (primary N) is 1. The van der Waals surface area contributed by atoms with Gasteiger partial charge in [0.2, 0.25) is 0 Å². The molecule has 0 heterocycles. The first-order chi connectivity index (χ1) is 6.59. The summed E-state index contributed by atoms with van der Waals surface area (Å²) in [5.74, 6) is 0. The van der Waals surface area contributed by atoms with Crippen LogP contribution < -0.4 is 5.73 Å². The van der Waals surface area contributed by atoms with E-state index in [2.05, 4.69) is 26.0 Å². The maximum atomic E-state index is 9.68. The second-order valence-electron chi connectivity index (χ2n) is 4.28. The molecule has 2 unspecified atom stereocenters. The van der Waals surface area contributed by atoms with Gasteiger partial charge < -0.3 is 10.8 Å². The Morgan fingerprint density at radius 1 is 1.36 bits per heavy atom. The second-order valence-corrected chi connectivity index (χ2v) is 4.28. The number of rotatable bonds is 0. The molecule has 0 bridgehead atoms. The summed E-state index contributed by atoms with van der Waals surface area (Å²) >= 11 is 0. The molecule has 14 heavy (non-hydrogen) atoms. The second kappa shape index (κ2) is 3.37. The van der Waals surface area contributed by atoms with E-state index >= 15 is 0 Å². The number of hydrogen-bond acceptors (Lipinski definition) is 2. The quantitative estimate of drug-likeness (QED) is 0.654. The van der Waals surface area contributed by atoms with Gasteiger partial charge in [-0.2, -0.15) is 0 Å². The van der Waals surface area contributed by atoms with Gasteiger partial charge in [-0.1, -0.05) is 17.7 Å². The van der Waals surface area contributed by atoms with Crippen LogP contribution in [-0.4, -0.2) is 11.2 Å². The Hall–Kier alpha value is -0.860. The minimum atomic E-state index is -0.372. The molecular formula is C12H17NO. The third kappa shape index (κ3) is 1.45. The van der Waals surface area contributed by atoms with Gasteiger partial charge in [0.15, 0.2) is 0 Å². The van der Waals surface area contributed by atoms with Crippen molar-refractivity contribution in [1.29, 1.82) is 0 Å². The SMILES string of the molecule is Cc1cc(C)c2c(c1)C(N)C(O)CC2. The monoisotopic (exact) mass is 191 g/mol. The van der Waals surface area contributed by atoms with E-state index in [0.29, 0.717) is 0 Å². The molecule has 1 aromatic rings. The number of aliphatic hydroxyl groups excluding tert-OH is 1. The zero-order valence-corrected chi connectivity index (χ0v) is 8.75. The van der Waals surface area contributed by atoms with Crippen LogP contribution in [0.4, 0.5) is 0 Å². The van der Waals surface area contributed by atoms with Crippen molar-refractivity contribution in [2.45, 2.75) is 38.8 Å².